The Morgan fingerprint density at radius 3 is 2.41 bits per heavy atom. The first-order valence-electron chi connectivity index (χ1n) is 6.24. The van der Waals surface area contributed by atoms with Gasteiger partial charge in [0.15, 0.2) is 0 Å². The van der Waals surface area contributed by atoms with Crippen molar-refractivity contribution in [2.24, 2.45) is 0 Å². The number of hydrogen-bond acceptors (Lipinski definition) is 4. The van der Waals surface area contributed by atoms with Crippen LogP contribution in [0.1, 0.15) is 32.8 Å². The maximum Gasteiger partial charge on any atom is 0.225 e. The molecule has 0 aromatic carbocycles. The van der Waals surface area contributed by atoms with Gasteiger partial charge in [0.05, 0.1) is 0 Å². The van der Waals surface area contributed by atoms with E-state index in [0.29, 0.717) is 6.04 Å². The van der Waals surface area contributed by atoms with Crippen molar-refractivity contribution >= 4 is 5.95 Å². The monoisotopic (exact) mass is 234 g/mol. The SMILES string of the molecule is CN(c1ncc(C(C)(C)C)cn1)C1CCNC1. The van der Waals surface area contributed by atoms with Crippen molar-refractivity contribution in [2.75, 3.05) is 25.0 Å². The van der Waals surface area contributed by atoms with E-state index in [1.54, 1.807) is 0 Å². The summed E-state index contributed by atoms with van der Waals surface area (Å²) in [5.74, 6) is 0.826. The van der Waals surface area contributed by atoms with E-state index in [9.17, 15) is 0 Å². The molecule has 0 saturated carbocycles. The third-order valence-corrected chi connectivity index (χ3v) is 3.40. The highest BCUT2D eigenvalue weighted by Gasteiger charge is 2.21. The van der Waals surface area contributed by atoms with Gasteiger partial charge in [-0.1, -0.05) is 20.8 Å². The van der Waals surface area contributed by atoms with Gasteiger partial charge in [-0.2, -0.15) is 0 Å². The summed E-state index contributed by atoms with van der Waals surface area (Å²) in [5.41, 5.74) is 1.30. The molecule has 17 heavy (non-hydrogen) atoms. The molecule has 1 unspecified atom stereocenters. The van der Waals surface area contributed by atoms with Crippen LogP contribution in [0.3, 0.4) is 0 Å². The maximum absolute atomic E-state index is 4.48. The quantitative estimate of drug-likeness (QED) is 0.843. The Labute approximate surface area is 103 Å². The van der Waals surface area contributed by atoms with Gasteiger partial charge in [0.1, 0.15) is 0 Å². The molecule has 1 fully saturated rings. The molecule has 0 spiro atoms. The second-order valence-corrected chi connectivity index (χ2v) is 5.78. The summed E-state index contributed by atoms with van der Waals surface area (Å²) in [4.78, 5) is 11.1. The zero-order chi connectivity index (χ0) is 12.5. The molecule has 1 aromatic rings. The van der Waals surface area contributed by atoms with Crippen LogP contribution in [0.5, 0.6) is 0 Å². The summed E-state index contributed by atoms with van der Waals surface area (Å²) in [5, 5.41) is 3.36. The van der Waals surface area contributed by atoms with E-state index in [4.69, 9.17) is 0 Å². The highest BCUT2D eigenvalue weighted by atomic mass is 15.3. The van der Waals surface area contributed by atoms with Crippen molar-refractivity contribution in [3.05, 3.63) is 18.0 Å². The third-order valence-electron chi connectivity index (χ3n) is 3.40. The molecule has 0 radical (unpaired) electrons. The van der Waals surface area contributed by atoms with Crippen molar-refractivity contribution in [1.29, 1.82) is 0 Å². The lowest BCUT2D eigenvalue weighted by Crippen LogP contribution is -2.34. The molecule has 1 aromatic heterocycles. The molecule has 1 aliphatic rings. The first-order chi connectivity index (χ1) is 7.98. The van der Waals surface area contributed by atoms with Crippen molar-refractivity contribution in [3.63, 3.8) is 0 Å². The number of anilines is 1. The second kappa shape index (κ2) is 4.61. The van der Waals surface area contributed by atoms with Gasteiger partial charge in [-0.05, 0) is 23.9 Å². The lowest BCUT2D eigenvalue weighted by Gasteiger charge is -2.24. The average Bonchev–Trinajstić information content (AvgIpc) is 2.80. The lowest BCUT2D eigenvalue weighted by atomic mass is 9.89. The van der Waals surface area contributed by atoms with Crippen LogP contribution >= 0.6 is 0 Å². The number of aromatic nitrogens is 2. The van der Waals surface area contributed by atoms with Crippen LogP contribution in [0.2, 0.25) is 0 Å². The van der Waals surface area contributed by atoms with E-state index in [-0.39, 0.29) is 5.41 Å². The van der Waals surface area contributed by atoms with Crippen molar-refractivity contribution < 1.29 is 0 Å². The smallest absolute Gasteiger partial charge is 0.225 e. The maximum atomic E-state index is 4.48. The summed E-state index contributed by atoms with van der Waals surface area (Å²) >= 11 is 0. The fraction of sp³-hybridized carbons (Fsp3) is 0.692. The molecule has 4 nitrogen and oxygen atoms in total. The fourth-order valence-corrected chi connectivity index (χ4v) is 2.02. The Kier molecular flexibility index (Phi) is 3.33. The lowest BCUT2D eigenvalue weighted by molar-refractivity contribution is 0.582. The first-order valence-corrected chi connectivity index (χ1v) is 6.24. The van der Waals surface area contributed by atoms with Crippen LogP contribution in [0.25, 0.3) is 0 Å². The normalized spacial score (nSPS) is 20.6. The molecule has 4 heteroatoms. The van der Waals surface area contributed by atoms with Crippen LogP contribution in [0.4, 0.5) is 5.95 Å². The molecule has 0 bridgehead atoms. The molecule has 1 N–H and O–H groups in total. The third kappa shape index (κ3) is 2.75. The molecule has 1 aliphatic heterocycles. The Morgan fingerprint density at radius 2 is 1.94 bits per heavy atom. The summed E-state index contributed by atoms with van der Waals surface area (Å²) in [6.07, 6.45) is 5.06. The first kappa shape index (κ1) is 12.3. The summed E-state index contributed by atoms with van der Waals surface area (Å²) < 4.78 is 0. The Balaban J connectivity index is 2.12. The summed E-state index contributed by atoms with van der Waals surface area (Å²) in [6.45, 7) is 8.65. The number of nitrogens with zero attached hydrogens (tertiary/aromatic N) is 3. The molecule has 0 amide bonds. The van der Waals surface area contributed by atoms with Gasteiger partial charge in [-0.25, -0.2) is 9.97 Å². The Hall–Kier alpha value is -1.16. The highest BCUT2D eigenvalue weighted by Crippen LogP contribution is 2.22. The predicted molar refractivity (Wildman–Crippen MR) is 70.4 cm³/mol. The van der Waals surface area contributed by atoms with E-state index in [2.05, 4.69) is 48.0 Å². The zero-order valence-electron chi connectivity index (χ0n) is 11.2. The predicted octanol–water partition coefficient (Wildman–Crippen LogP) is 1.57. The molecular weight excluding hydrogens is 212 g/mol. The fourth-order valence-electron chi connectivity index (χ4n) is 2.02. The largest absolute Gasteiger partial charge is 0.340 e. The Morgan fingerprint density at radius 1 is 1.29 bits per heavy atom. The van der Waals surface area contributed by atoms with Gasteiger partial charge in [0, 0.05) is 32.0 Å². The zero-order valence-corrected chi connectivity index (χ0v) is 11.2. The van der Waals surface area contributed by atoms with Crippen LogP contribution in [-0.4, -0.2) is 36.1 Å². The van der Waals surface area contributed by atoms with E-state index in [0.717, 1.165) is 19.0 Å². The van der Waals surface area contributed by atoms with Gasteiger partial charge in [0.25, 0.3) is 0 Å². The van der Waals surface area contributed by atoms with Gasteiger partial charge in [-0.15, -0.1) is 0 Å². The number of likely N-dealkylation sites (N-methyl/N-ethyl adjacent to an activating group) is 1. The second-order valence-electron chi connectivity index (χ2n) is 5.78. The van der Waals surface area contributed by atoms with Gasteiger partial charge in [-0.3, -0.25) is 0 Å². The van der Waals surface area contributed by atoms with Gasteiger partial charge in [0.2, 0.25) is 5.95 Å². The highest BCUT2D eigenvalue weighted by molar-refractivity contribution is 5.32. The number of hydrogen-bond donors (Lipinski definition) is 1. The summed E-state index contributed by atoms with van der Waals surface area (Å²) in [7, 11) is 2.07. The van der Waals surface area contributed by atoms with E-state index >= 15 is 0 Å². The molecule has 2 rings (SSSR count). The minimum atomic E-state index is 0.117. The number of nitrogens with one attached hydrogen (secondary N) is 1. The molecular formula is C13H22N4. The van der Waals surface area contributed by atoms with Crippen molar-refractivity contribution in [2.45, 2.75) is 38.6 Å². The Bertz CT molecular complexity index is 360. The minimum Gasteiger partial charge on any atom is -0.340 e. The van der Waals surface area contributed by atoms with Gasteiger partial charge >= 0.3 is 0 Å². The van der Waals surface area contributed by atoms with Crippen LogP contribution < -0.4 is 10.2 Å². The molecule has 0 aliphatic carbocycles. The van der Waals surface area contributed by atoms with Crippen LogP contribution in [0, 0.1) is 0 Å². The van der Waals surface area contributed by atoms with E-state index in [1.807, 2.05) is 12.4 Å². The van der Waals surface area contributed by atoms with Gasteiger partial charge < -0.3 is 10.2 Å². The van der Waals surface area contributed by atoms with Crippen LogP contribution in [-0.2, 0) is 5.41 Å². The average molecular weight is 234 g/mol. The summed E-state index contributed by atoms with van der Waals surface area (Å²) in [6, 6.07) is 0.524. The van der Waals surface area contributed by atoms with E-state index < -0.39 is 0 Å². The van der Waals surface area contributed by atoms with Crippen LogP contribution in [0.15, 0.2) is 12.4 Å². The topological polar surface area (TPSA) is 41.1 Å². The molecule has 94 valence electrons. The molecule has 1 atom stereocenters. The standard InChI is InChI=1S/C13H22N4/c1-13(2,3)10-7-15-12(16-8-10)17(4)11-5-6-14-9-11/h7-8,11,14H,5-6,9H2,1-4H3. The molecule has 1 saturated heterocycles. The molecule has 2 heterocycles. The van der Waals surface area contributed by atoms with E-state index in [1.165, 1.54) is 12.0 Å². The number of rotatable bonds is 2. The minimum absolute atomic E-state index is 0.117. The van der Waals surface area contributed by atoms with Crippen molar-refractivity contribution in [1.82, 2.24) is 15.3 Å². The van der Waals surface area contributed by atoms with Crippen molar-refractivity contribution in [3.8, 4) is 0 Å².